The molecule has 0 saturated carbocycles. The number of benzene rings is 2. The van der Waals surface area contributed by atoms with Crippen molar-refractivity contribution in [2.24, 2.45) is 0 Å². The molecule has 168 valence electrons. The van der Waals surface area contributed by atoms with Gasteiger partial charge in [-0.25, -0.2) is 13.4 Å². The molecule has 0 radical (unpaired) electrons. The monoisotopic (exact) mass is 457 g/mol. The summed E-state index contributed by atoms with van der Waals surface area (Å²) in [5, 5.41) is 11.7. The predicted octanol–water partition coefficient (Wildman–Crippen LogP) is 3.20. The Kier molecular flexibility index (Phi) is 7.06. The normalized spacial score (nSPS) is 11.3. The van der Waals surface area contributed by atoms with E-state index in [9.17, 15) is 13.2 Å². The first-order valence-corrected chi connectivity index (χ1v) is 11.6. The van der Waals surface area contributed by atoms with Crippen molar-refractivity contribution in [2.75, 3.05) is 11.6 Å². The minimum Gasteiger partial charge on any atom is -0.491 e. The van der Waals surface area contributed by atoms with Crippen molar-refractivity contribution in [3.63, 3.8) is 0 Å². The lowest BCUT2D eigenvalue weighted by Gasteiger charge is -2.14. The lowest BCUT2D eigenvalue weighted by molar-refractivity contribution is 0.102. The molecule has 2 N–H and O–H groups in total. The van der Waals surface area contributed by atoms with Gasteiger partial charge in [-0.1, -0.05) is 0 Å². The number of nitrogens with one attached hydrogen (secondary N) is 1. The Hall–Kier alpha value is -3.50. The first-order chi connectivity index (χ1) is 15.1. The quantitative estimate of drug-likeness (QED) is 0.528. The van der Waals surface area contributed by atoms with Gasteiger partial charge >= 0.3 is 0 Å². The fraction of sp³-hybridized carbons (Fsp3) is 0.227. The van der Waals surface area contributed by atoms with E-state index in [1.54, 1.807) is 12.1 Å². The summed E-state index contributed by atoms with van der Waals surface area (Å²) >= 11 is 0. The summed E-state index contributed by atoms with van der Waals surface area (Å²) in [5.41, 5.74) is 0.645. The van der Waals surface area contributed by atoms with E-state index in [0.29, 0.717) is 22.9 Å². The number of ether oxygens (including phenoxy) is 2. The van der Waals surface area contributed by atoms with Crippen molar-refractivity contribution in [1.82, 2.24) is 9.97 Å². The molecular weight excluding hydrogens is 434 g/mol. The van der Waals surface area contributed by atoms with E-state index in [0.717, 1.165) is 6.26 Å². The maximum Gasteiger partial charge on any atom is 0.257 e. The van der Waals surface area contributed by atoms with Crippen LogP contribution in [0.1, 0.15) is 29.9 Å². The summed E-state index contributed by atoms with van der Waals surface area (Å²) in [6.45, 7) is 3.46. The van der Waals surface area contributed by atoms with Crippen molar-refractivity contribution < 1.29 is 27.8 Å². The second-order valence-electron chi connectivity index (χ2n) is 7.21. The van der Waals surface area contributed by atoms with E-state index in [-0.39, 0.29) is 29.0 Å². The third kappa shape index (κ3) is 6.25. The number of carbonyl (C=O) groups is 1. The minimum absolute atomic E-state index is 0.132. The molecule has 9 nitrogen and oxygen atoms in total. The van der Waals surface area contributed by atoms with Crippen LogP contribution in [0.3, 0.4) is 0 Å². The molecule has 2 aromatic carbocycles. The molecule has 0 aliphatic rings. The summed E-state index contributed by atoms with van der Waals surface area (Å²) in [6, 6.07) is 10.7. The van der Waals surface area contributed by atoms with Gasteiger partial charge in [0.05, 0.1) is 35.7 Å². The molecule has 3 rings (SSSR count). The zero-order valence-electron chi connectivity index (χ0n) is 17.8. The topological polar surface area (TPSA) is 128 Å². The predicted molar refractivity (Wildman–Crippen MR) is 118 cm³/mol. The minimum atomic E-state index is -3.32. The Balaban J connectivity index is 1.85. The maximum absolute atomic E-state index is 12.8. The van der Waals surface area contributed by atoms with Gasteiger partial charge in [-0.3, -0.25) is 9.78 Å². The molecule has 0 aliphatic carbocycles. The van der Waals surface area contributed by atoms with Crippen LogP contribution in [-0.4, -0.2) is 41.8 Å². The summed E-state index contributed by atoms with van der Waals surface area (Å²) in [6.07, 6.45) is 3.70. The summed E-state index contributed by atoms with van der Waals surface area (Å²) in [5.74, 6) is 0.930. The van der Waals surface area contributed by atoms with Crippen LogP contribution in [0.25, 0.3) is 0 Å². The van der Waals surface area contributed by atoms with Crippen LogP contribution in [0.4, 0.5) is 5.82 Å². The number of amides is 1. The van der Waals surface area contributed by atoms with Crippen molar-refractivity contribution in [2.45, 2.75) is 31.5 Å². The van der Waals surface area contributed by atoms with Crippen LogP contribution >= 0.6 is 0 Å². The molecule has 0 bridgehead atoms. The smallest absolute Gasteiger partial charge is 0.257 e. The van der Waals surface area contributed by atoms with Gasteiger partial charge in [0.2, 0.25) is 0 Å². The van der Waals surface area contributed by atoms with Gasteiger partial charge in [-0.15, -0.1) is 0 Å². The Labute approximate surface area is 186 Å². The fourth-order valence-electron chi connectivity index (χ4n) is 2.68. The van der Waals surface area contributed by atoms with Crippen molar-refractivity contribution in [3.8, 4) is 17.2 Å². The first kappa shape index (κ1) is 23.2. The fourth-order valence-corrected chi connectivity index (χ4v) is 3.31. The SMILES string of the molecule is CC(C)Oc1cc(Oc2ccc(S(C)(=O)=O)cc2)cc(C(=O)Nc2cnc(CO)cn2)c1. The van der Waals surface area contributed by atoms with Crippen molar-refractivity contribution in [1.29, 1.82) is 0 Å². The van der Waals surface area contributed by atoms with Crippen LogP contribution < -0.4 is 14.8 Å². The summed E-state index contributed by atoms with van der Waals surface area (Å²) in [7, 11) is -3.32. The molecule has 0 spiro atoms. The van der Waals surface area contributed by atoms with Crippen LogP contribution in [0.5, 0.6) is 17.2 Å². The first-order valence-electron chi connectivity index (χ1n) is 9.67. The van der Waals surface area contributed by atoms with Gasteiger partial charge < -0.3 is 19.9 Å². The Morgan fingerprint density at radius 3 is 2.28 bits per heavy atom. The Morgan fingerprint density at radius 1 is 1.03 bits per heavy atom. The molecule has 0 atom stereocenters. The van der Waals surface area contributed by atoms with Gasteiger partial charge in [-0.2, -0.15) is 0 Å². The highest BCUT2D eigenvalue weighted by Gasteiger charge is 2.14. The van der Waals surface area contributed by atoms with Crippen LogP contribution in [-0.2, 0) is 16.4 Å². The molecular formula is C22H23N3O6S. The number of nitrogens with zero attached hydrogens (tertiary/aromatic N) is 2. The van der Waals surface area contributed by atoms with E-state index in [1.165, 1.54) is 42.7 Å². The lowest BCUT2D eigenvalue weighted by Crippen LogP contribution is -2.14. The molecule has 0 unspecified atom stereocenters. The van der Waals surface area contributed by atoms with Crippen LogP contribution in [0.15, 0.2) is 59.8 Å². The number of anilines is 1. The number of hydrogen-bond donors (Lipinski definition) is 2. The number of aromatic nitrogens is 2. The molecule has 1 aromatic heterocycles. The zero-order chi connectivity index (χ0) is 23.3. The number of carbonyl (C=O) groups excluding carboxylic acids is 1. The van der Waals surface area contributed by atoms with Gasteiger partial charge in [-0.05, 0) is 50.2 Å². The number of sulfone groups is 1. The molecule has 32 heavy (non-hydrogen) atoms. The summed E-state index contributed by atoms with van der Waals surface area (Å²) < 4.78 is 34.8. The van der Waals surface area contributed by atoms with Crippen molar-refractivity contribution >= 4 is 21.6 Å². The number of rotatable bonds is 8. The zero-order valence-corrected chi connectivity index (χ0v) is 18.6. The third-order valence-electron chi connectivity index (χ3n) is 4.11. The number of aliphatic hydroxyl groups excluding tert-OH is 1. The highest BCUT2D eigenvalue weighted by atomic mass is 32.2. The maximum atomic E-state index is 12.8. The average molecular weight is 458 g/mol. The molecule has 3 aromatic rings. The second kappa shape index (κ2) is 9.75. The number of aliphatic hydroxyl groups is 1. The number of hydrogen-bond acceptors (Lipinski definition) is 8. The highest BCUT2D eigenvalue weighted by molar-refractivity contribution is 7.90. The van der Waals surface area contributed by atoms with Gasteiger partial charge in [0.25, 0.3) is 5.91 Å². The summed E-state index contributed by atoms with van der Waals surface area (Å²) in [4.78, 5) is 21.0. The van der Waals surface area contributed by atoms with Gasteiger partial charge in [0.1, 0.15) is 17.2 Å². The largest absolute Gasteiger partial charge is 0.491 e. The molecule has 10 heteroatoms. The van der Waals surface area contributed by atoms with E-state index in [4.69, 9.17) is 14.6 Å². The second-order valence-corrected chi connectivity index (χ2v) is 9.23. The molecule has 1 heterocycles. The Bertz CT molecular complexity index is 1190. The molecule has 0 aliphatic heterocycles. The van der Waals surface area contributed by atoms with E-state index >= 15 is 0 Å². The van der Waals surface area contributed by atoms with E-state index in [2.05, 4.69) is 15.3 Å². The van der Waals surface area contributed by atoms with Crippen molar-refractivity contribution in [3.05, 3.63) is 66.1 Å². The van der Waals surface area contributed by atoms with E-state index < -0.39 is 15.7 Å². The average Bonchev–Trinajstić information content (AvgIpc) is 2.73. The molecule has 0 fully saturated rings. The Morgan fingerprint density at radius 2 is 1.72 bits per heavy atom. The van der Waals surface area contributed by atoms with Crippen LogP contribution in [0.2, 0.25) is 0 Å². The lowest BCUT2D eigenvalue weighted by atomic mass is 10.2. The third-order valence-corrected chi connectivity index (χ3v) is 5.24. The molecule has 1 amide bonds. The van der Waals surface area contributed by atoms with E-state index in [1.807, 2.05) is 13.8 Å². The molecule has 0 saturated heterocycles. The van der Waals surface area contributed by atoms with Gasteiger partial charge in [0, 0.05) is 17.9 Å². The van der Waals surface area contributed by atoms with Gasteiger partial charge in [0.15, 0.2) is 15.7 Å². The highest BCUT2D eigenvalue weighted by Crippen LogP contribution is 2.29. The van der Waals surface area contributed by atoms with Crippen LogP contribution in [0, 0.1) is 0 Å². The standard InChI is InChI=1S/C22H23N3O6S/c1-14(2)30-18-8-15(22(27)25-21-12-23-16(13-26)11-24-21)9-19(10-18)31-17-4-6-20(7-5-17)32(3,28)29/h4-12,14,26H,13H2,1-3H3,(H,24,25,27).